The molecule has 0 atom stereocenters. The van der Waals surface area contributed by atoms with Gasteiger partial charge in [-0.1, -0.05) is 27.7 Å². The van der Waals surface area contributed by atoms with Gasteiger partial charge >= 0.3 is 0 Å². The first-order valence-electron chi connectivity index (χ1n) is 5.98. The third kappa shape index (κ3) is 1.64. The Labute approximate surface area is 101 Å². The third-order valence-electron chi connectivity index (χ3n) is 3.22. The van der Waals surface area contributed by atoms with Crippen molar-refractivity contribution in [3.63, 3.8) is 0 Å². The Balaban J connectivity index is 2.92. The number of benzene rings is 1. The average molecular weight is 232 g/mol. The van der Waals surface area contributed by atoms with Crippen LogP contribution in [-0.4, -0.2) is 10.2 Å². The van der Waals surface area contributed by atoms with Crippen LogP contribution in [0.25, 0.3) is 10.9 Å². The van der Waals surface area contributed by atoms with Gasteiger partial charge in [-0.15, -0.1) is 0 Å². The van der Waals surface area contributed by atoms with Crippen molar-refractivity contribution in [2.75, 3.05) is 11.5 Å². The summed E-state index contributed by atoms with van der Waals surface area (Å²) in [7, 11) is 0. The lowest BCUT2D eigenvalue weighted by Gasteiger charge is -2.21. The van der Waals surface area contributed by atoms with Crippen LogP contribution in [0.15, 0.2) is 6.20 Å². The van der Waals surface area contributed by atoms with Crippen LogP contribution in [-0.2, 0) is 0 Å². The molecule has 92 valence electrons. The van der Waals surface area contributed by atoms with E-state index in [0.717, 1.165) is 33.4 Å². The van der Waals surface area contributed by atoms with Crippen LogP contribution in [0.3, 0.4) is 0 Å². The van der Waals surface area contributed by atoms with E-state index in [0.29, 0.717) is 11.8 Å². The molecule has 0 radical (unpaired) electrons. The van der Waals surface area contributed by atoms with Gasteiger partial charge in [0, 0.05) is 11.1 Å². The van der Waals surface area contributed by atoms with Crippen molar-refractivity contribution < 1.29 is 0 Å². The topological polar surface area (TPSA) is 80.7 Å². The fourth-order valence-corrected chi connectivity index (χ4v) is 2.51. The van der Waals surface area contributed by atoms with Crippen molar-refractivity contribution in [3.05, 3.63) is 17.3 Å². The summed E-state index contributed by atoms with van der Waals surface area (Å²) in [6, 6.07) is 0. The number of rotatable bonds is 2. The number of aromatic amines is 1. The fraction of sp³-hybridized carbons (Fsp3) is 0.462. The Morgan fingerprint density at radius 1 is 1.00 bits per heavy atom. The van der Waals surface area contributed by atoms with Gasteiger partial charge in [0.15, 0.2) is 0 Å². The van der Waals surface area contributed by atoms with Gasteiger partial charge in [0.25, 0.3) is 0 Å². The molecule has 0 aliphatic heterocycles. The number of nitrogens with two attached hydrogens (primary N) is 2. The lowest BCUT2D eigenvalue weighted by Crippen LogP contribution is -2.08. The lowest BCUT2D eigenvalue weighted by molar-refractivity contribution is 0.797. The maximum absolute atomic E-state index is 6.26. The quantitative estimate of drug-likeness (QED) is 0.696. The first-order valence-corrected chi connectivity index (χ1v) is 5.98. The molecule has 2 rings (SSSR count). The highest BCUT2D eigenvalue weighted by atomic mass is 15.1. The van der Waals surface area contributed by atoms with E-state index in [4.69, 9.17) is 11.5 Å². The van der Waals surface area contributed by atoms with E-state index in [9.17, 15) is 0 Å². The van der Waals surface area contributed by atoms with E-state index in [-0.39, 0.29) is 0 Å². The van der Waals surface area contributed by atoms with Crippen molar-refractivity contribution in [2.24, 2.45) is 0 Å². The number of nitrogens with zero attached hydrogens (tertiary/aromatic N) is 1. The molecular formula is C13H20N4. The summed E-state index contributed by atoms with van der Waals surface area (Å²) in [6.07, 6.45) is 1.75. The molecule has 1 aromatic carbocycles. The molecule has 1 heterocycles. The van der Waals surface area contributed by atoms with E-state index in [1.54, 1.807) is 6.20 Å². The summed E-state index contributed by atoms with van der Waals surface area (Å²) >= 11 is 0. The minimum absolute atomic E-state index is 0.349. The van der Waals surface area contributed by atoms with Crippen molar-refractivity contribution in [1.82, 2.24) is 10.2 Å². The highest BCUT2D eigenvalue weighted by molar-refractivity contribution is 6.01. The largest absolute Gasteiger partial charge is 0.398 e. The molecule has 0 amide bonds. The maximum atomic E-state index is 6.26. The highest BCUT2D eigenvalue weighted by Crippen LogP contribution is 2.40. The molecular weight excluding hydrogens is 212 g/mol. The van der Waals surface area contributed by atoms with E-state index >= 15 is 0 Å². The second kappa shape index (κ2) is 3.95. The van der Waals surface area contributed by atoms with Crippen molar-refractivity contribution in [1.29, 1.82) is 0 Å². The predicted molar refractivity (Wildman–Crippen MR) is 73.1 cm³/mol. The van der Waals surface area contributed by atoms with Crippen molar-refractivity contribution >= 4 is 22.3 Å². The molecule has 1 aromatic heterocycles. The van der Waals surface area contributed by atoms with Gasteiger partial charge in [-0.2, -0.15) is 5.10 Å². The highest BCUT2D eigenvalue weighted by Gasteiger charge is 2.21. The van der Waals surface area contributed by atoms with Crippen LogP contribution < -0.4 is 11.5 Å². The summed E-state index contributed by atoms with van der Waals surface area (Å²) in [5.74, 6) is 0.705. The zero-order chi connectivity index (χ0) is 12.7. The van der Waals surface area contributed by atoms with Gasteiger partial charge in [0.05, 0.1) is 17.4 Å². The van der Waals surface area contributed by atoms with Crippen LogP contribution in [0.5, 0.6) is 0 Å². The SMILES string of the molecule is CC(C)c1c(C(C)C)c(N)c2[nH]ncc2c1N. The molecule has 0 saturated heterocycles. The second-order valence-corrected chi connectivity index (χ2v) is 5.12. The van der Waals surface area contributed by atoms with Crippen LogP contribution in [0.1, 0.15) is 50.7 Å². The lowest BCUT2D eigenvalue weighted by atomic mass is 9.86. The van der Waals surface area contributed by atoms with Crippen LogP contribution >= 0.6 is 0 Å². The van der Waals surface area contributed by atoms with Crippen LogP contribution in [0, 0.1) is 0 Å². The zero-order valence-electron chi connectivity index (χ0n) is 10.8. The van der Waals surface area contributed by atoms with E-state index < -0.39 is 0 Å². The molecule has 17 heavy (non-hydrogen) atoms. The summed E-state index contributed by atoms with van der Waals surface area (Å²) in [4.78, 5) is 0. The molecule has 0 unspecified atom stereocenters. The molecule has 0 bridgehead atoms. The Bertz CT molecular complexity index is 504. The van der Waals surface area contributed by atoms with Gasteiger partial charge in [-0.25, -0.2) is 0 Å². The zero-order valence-corrected chi connectivity index (χ0v) is 10.8. The number of hydrogen-bond acceptors (Lipinski definition) is 3. The molecule has 0 spiro atoms. The number of hydrogen-bond donors (Lipinski definition) is 3. The third-order valence-corrected chi connectivity index (χ3v) is 3.22. The van der Waals surface area contributed by atoms with Crippen LogP contribution in [0.4, 0.5) is 11.4 Å². The molecule has 4 nitrogen and oxygen atoms in total. The number of anilines is 2. The number of nitrogen functional groups attached to an aromatic ring is 2. The van der Waals surface area contributed by atoms with Crippen molar-refractivity contribution in [2.45, 2.75) is 39.5 Å². The normalized spacial score (nSPS) is 11.9. The first kappa shape index (κ1) is 11.8. The molecule has 0 aliphatic carbocycles. The average Bonchev–Trinajstić information content (AvgIpc) is 2.70. The van der Waals surface area contributed by atoms with Gasteiger partial charge in [-0.3, -0.25) is 5.10 Å². The number of aromatic nitrogens is 2. The van der Waals surface area contributed by atoms with Crippen LogP contribution in [0.2, 0.25) is 0 Å². The van der Waals surface area contributed by atoms with E-state index in [2.05, 4.69) is 37.9 Å². The number of H-pyrrole nitrogens is 1. The smallest absolute Gasteiger partial charge is 0.0903 e. The minimum atomic E-state index is 0.349. The van der Waals surface area contributed by atoms with Gasteiger partial charge < -0.3 is 11.5 Å². The van der Waals surface area contributed by atoms with Crippen molar-refractivity contribution in [3.8, 4) is 0 Å². The Hall–Kier alpha value is -1.71. The van der Waals surface area contributed by atoms with E-state index in [1.165, 1.54) is 0 Å². The summed E-state index contributed by atoms with van der Waals surface area (Å²) in [5.41, 5.74) is 17.3. The molecule has 2 aromatic rings. The van der Waals surface area contributed by atoms with Gasteiger partial charge in [0.1, 0.15) is 0 Å². The minimum Gasteiger partial charge on any atom is -0.398 e. The monoisotopic (exact) mass is 232 g/mol. The summed E-state index contributed by atoms with van der Waals surface area (Å²) < 4.78 is 0. The maximum Gasteiger partial charge on any atom is 0.0903 e. The number of fused-ring (bicyclic) bond motifs is 1. The molecule has 0 fully saturated rings. The standard InChI is InChI=1S/C13H20N4/c1-6(2)9-10(7(3)4)12(15)13-8(11(9)14)5-16-17-13/h5-7H,14-15H2,1-4H3,(H,16,17). The number of nitrogens with one attached hydrogen (secondary N) is 1. The molecule has 0 aliphatic rings. The van der Waals surface area contributed by atoms with Gasteiger partial charge in [0.2, 0.25) is 0 Å². The molecule has 0 saturated carbocycles. The summed E-state index contributed by atoms with van der Waals surface area (Å²) in [6.45, 7) is 8.56. The van der Waals surface area contributed by atoms with Gasteiger partial charge in [-0.05, 0) is 23.0 Å². The summed E-state index contributed by atoms with van der Waals surface area (Å²) in [5, 5.41) is 7.90. The molecule has 5 N–H and O–H groups in total. The Kier molecular flexibility index (Phi) is 2.73. The first-order chi connectivity index (χ1) is 7.95. The second-order valence-electron chi connectivity index (χ2n) is 5.12. The predicted octanol–water partition coefficient (Wildman–Crippen LogP) is 2.97. The van der Waals surface area contributed by atoms with E-state index in [1.807, 2.05) is 0 Å². The fourth-order valence-electron chi connectivity index (χ4n) is 2.51. The molecule has 4 heteroatoms. The Morgan fingerprint density at radius 3 is 2.06 bits per heavy atom. The Morgan fingerprint density at radius 2 is 1.53 bits per heavy atom.